The molecule has 1 aliphatic rings. The Kier molecular flexibility index (Phi) is 5.75. The lowest BCUT2D eigenvalue weighted by Gasteiger charge is -2.32. The van der Waals surface area contributed by atoms with Gasteiger partial charge in [-0.2, -0.15) is 4.98 Å². The number of halogens is 2. The first-order chi connectivity index (χ1) is 12.1. The van der Waals surface area contributed by atoms with E-state index in [2.05, 4.69) is 25.9 Å². The van der Waals surface area contributed by atoms with Gasteiger partial charge in [-0.25, -0.2) is 4.98 Å². The average molecular weight is 427 g/mol. The van der Waals surface area contributed by atoms with Crippen molar-refractivity contribution in [2.45, 2.75) is 18.9 Å². The normalized spacial score (nSPS) is 17.2. The minimum Gasteiger partial charge on any atom is -0.472 e. The Balaban J connectivity index is 1.70. The van der Waals surface area contributed by atoms with Gasteiger partial charge in [0.25, 0.3) is 5.91 Å². The number of amides is 1. The topological polar surface area (TPSA) is 64.6 Å². The molecule has 0 saturated carbocycles. The van der Waals surface area contributed by atoms with Crippen LogP contribution in [0.1, 0.15) is 23.2 Å². The maximum Gasteiger partial charge on any atom is 0.319 e. The monoisotopic (exact) mass is 425 g/mol. The number of piperidine rings is 1. The molecule has 1 saturated heterocycles. The van der Waals surface area contributed by atoms with Crippen molar-refractivity contribution < 1.29 is 14.3 Å². The van der Waals surface area contributed by atoms with E-state index in [1.54, 1.807) is 29.3 Å². The Morgan fingerprint density at radius 2 is 2.24 bits per heavy atom. The van der Waals surface area contributed by atoms with Crippen LogP contribution in [0.25, 0.3) is 0 Å². The number of carbonyl (C=O) groups is 1. The van der Waals surface area contributed by atoms with Crippen molar-refractivity contribution in [1.82, 2.24) is 14.9 Å². The molecule has 0 N–H and O–H groups in total. The fourth-order valence-corrected chi connectivity index (χ4v) is 3.27. The average Bonchev–Trinajstić information content (AvgIpc) is 2.63. The third kappa shape index (κ3) is 4.41. The van der Waals surface area contributed by atoms with Crippen LogP contribution in [0, 0.1) is 0 Å². The standard InChI is InChI=1S/C17H17BrClN3O3/c1-24-17-20-7-6-15(21-17)25-12-3-2-8-22(10-12)16(23)13-9-11(18)4-5-14(13)19/h4-7,9,12H,2-3,8,10H2,1H3. The highest BCUT2D eigenvalue weighted by Gasteiger charge is 2.27. The van der Waals surface area contributed by atoms with E-state index in [9.17, 15) is 4.79 Å². The number of nitrogens with zero attached hydrogens (tertiary/aromatic N) is 3. The Morgan fingerprint density at radius 3 is 3.04 bits per heavy atom. The summed E-state index contributed by atoms with van der Waals surface area (Å²) in [6, 6.07) is 7.19. The molecular weight excluding hydrogens is 410 g/mol. The van der Waals surface area contributed by atoms with Crippen LogP contribution < -0.4 is 9.47 Å². The molecule has 1 fully saturated rings. The molecule has 1 atom stereocenters. The van der Waals surface area contributed by atoms with E-state index in [-0.39, 0.29) is 18.0 Å². The van der Waals surface area contributed by atoms with Gasteiger partial charge in [0.15, 0.2) is 0 Å². The largest absolute Gasteiger partial charge is 0.472 e. The van der Waals surface area contributed by atoms with E-state index in [0.717, 1.165) is 17.3 Å². The van der Waals surface area contributed by atoms with E-state index < -0.39 is 0 Å². The van der Waals surface area contributed by atoms with Gasteiger partial charge in [0.2, 0.25) is 5.88 Å². The minimum atomic E-state index is -0.136. The molecule has 6 nitrogen and oxygen atoms in total. The lowest BCUT2D eigenvalue weighted by atomic mass is 10.1. The number of hydrogen-bond donors (Lipinski definition) is 0. The number of ether oxygens (including phenoxy) is 2. The van der Waals surface area contributed by atoms with Crippen LogP contribution in [0.2, 0.25) is 5.02 Å². The predicted molar refractivity (Wildman–Crippen MR) is 97.3 cm³/mol. The molecule has 132 valence electrons. The van der Waals surface area contributed by atoms with Gasteiger partial charge in [-0.3, -0.25) is 4.79 Å². The van der Waals surface area contributed by atoms with E-state index in [1.807, 2.05) is 6.07 Å². The minimum absolute atomic E-state index is 0.0973. The number of benzene rings is 1. The molecule has 0 spiro atoms. The third-order valence-corrected chi connectivity index (χ3v) is 4.72. The molecule has 1 aromatic heterocycles. The second-order valence-corrected chi connectivity index (χ2v) is 6.96. The Bertz CT molecular complexity index is 775. The number of methoxy groups -OCH3 is 1. The number of hydrogen-bond acceptors (Lipinski definition) is 5. The molecule has 1 amide bonds. The van der Waals surface area contributed by atoms with Gasteiger partial charge in [-0.05, 0) is 31.0 Å². The second-order valence-electron chi connectivity index (χ2n) is 5.64. The Labute approximate surface area is 159 Å². The molecule has 25 heavy (non-hydrogen) atoms. The van der Waals surface area contributed by atoms with Crippen molar-refractivity contribution in [3.8, 4) is 11.9 Å². The van der Waals surface area contributed by atoms with Crippen LogP contribution in [-0.4, -0.2) is 47.1 Å². The van der Waals surface area contributed by atoms with Crippen LogP contribution in [0.15, 0.2) is 34.9 Å². The lowest BCUT2D eigenvalue weighted by Crippen LogP contribution is -2.44. The van der Waals surface area contributed by atoms with Crippen molar-refractivity contribution >= 4 is 33.4 Å². The fourth-order valence-electron chi connectivity index (χ4n) is 2.71. The van der Waals surface area contributed by atoms with E-state index in [4.69, 9.17) is 21.1 Å². The molecule has 0 radical (unpaired) electrons. The smallest absolute Gasteiger partial charge is 0.319 e. The van der Waals surface area contributed by atoms with Crippen LogP contribution >= 0.6 is 27.5 Å². The van der Waals surface area contributed by atoms with Gasteiger partial charge in [-0.1, -0.05) is 27.5 Å². The molecular formula is C17H17BrClN3O3. The highest BCUT2D eigenvalue weighted by Crippen LogP contribution is 2.25. The molecule has 1 unspecified atom stereocenters. The summed E-state index contributed by atoms with van der Waals surface area (Å²) in [5.74, 6) is 0.339. The quantitative estimate of drug-likeness (QED) is 0.747. The highest BCUT2D eigenvalue weighted by atomic mass is 79.9. The zero-order chi connectivity index (χ0) is 17.8. The fraction of sp³-hybridized carbons (Fsp3) is 0.353. The number of carbonyl (C=O) groups excluding carboxylic acids is 1. The van der Waals surface area contributed by atoms with Crippen molar-refractivity contribution in [3.63, 3.8) is 0 Å². The van der Waals surface area contributed by atoms with Gasteiger partial charge in [0.1, 0.15) is 6.10 Å². The molecule has 1 aliphatic heterocycles. The maximum atomic E-state index is 12.8. The lowest BCUT2D eigenvalue weighted by molar-refractivity contribution is 0.0526. The second kappa shape index (κ2) is 8.01. The molecule has 2 heterocycles. The maximum absolute atomic E-state index is 12.8. The summed E-state index contributed by atoms with van der Waals surface area (Å²) < 4.78 is 11.7. The van der Waals surface area contributed by atoms with Crippen molar-refractivity contribution in [2.75, 3.05) is 20.2 Å². The molecule has 2 aromatic rings. The Morgan fingerprint density at radius 1 is 1.40 bits per heavy atom. The van der Waals surface area contributed by atoms with E-state index in [0.29, 0.717) is 29.6 Å². The van der Waals surface area contributed by atoms with Gasteiger partial charge in [0, 0.05) is 23.3 Å². The summed E-state index contributed by atoms with van der Waals surface area (Å²) in [6.45, 7) is 1.16. The number of rotatable bonds is 4. The zero-order valence-electron chi connectivity index (χ0n) is 13.6. The third-order valence-electron chi connectivity index (χ3n) is 3.90. The van der Waals surface area contributed by atoms with Crippen molar-refractivity contribution in [1.29, 1.82) is 0 Å². The summed E-state index contributed by atoms with van der Waals surface area (Å²) in [7, 11) is 1.50. The molecule has 0 aliphatic carbocycles. The van der Waals surface area contributed by atoms with Gasteiger partial charge < -0.3 is 14.4 Å². The van der Waals surface area contributed by atoms with Crippen molar-refractivity contribution in [3.05, 3.63) is 45.5 Å². The SMILES string of the molecule is COc1nccc(OC2CCCN(C(=O)c3cc(Br)ccc3Cl)C2)n1. The first-order valence-corrected chi connectivity index (χ1v) is 9.02. The van der Waals surface area contributed by atoms with Crippen LogP contribution in [0.3, 0.4) is 0 Å². The van der Waals surface area contributed by atoms with Crippen LogP contribution in [0.5, 0.6) is 11.9 Å². The first kappa shape index (κ1) is 17.9. The molecule has 1 aromatic carbocycles. The van der Waals surface area contributed by atoms with Gasteiger partial charge in [-0.15, -0.1) is 0 Å². The zero-order valence-corrected chi connectivity index (χ0v) is 16.0. The molecule has 0 bridgehead atoms. The summed E-state index contributed by atoms with van der Waals surface area (Å²) in [5, 5.41) is 0.441. The molecule has 8 heteroatoms. The van der Waals surface area contributed by atoms with Gasteiger partial charge >= 0.3 is 6.01 Å². The summed E-state index contributed by atoms with van der Waals surface area (Å²) in [6.07, 6.45) is 3.14. The van der Waals surface area contributed by atoms with Crippen LogP contribution in [0.4, 0.5) is 0 Å². The first-order valence-electron chi connectivity index (χ1n) is 7.85. The number of likely N-dealkylation sites (tertiary alicyclic amines) is 1. The predicted octanol–water partition coefficient (Wildman–Crippen LogP) is 3.58. The number of aromatic nitrogens is 2. The van der Waals surface area contributed by atoms with E-state index >= 15 is 0 Å². The van der Waals surface area contributed by atoms with Gasteiger partial charge in [0.05, 0.1) is 24.2 Å². The Hall–Kier alpha value is -1.86. The van der Waals surface area contributed by atoms with Crippen LogP contribution in [-0.2, 0) is 0 Å². The summed E-state index contributed by atoms with van der Waals surface area (Å²) >= 11 is 9.56. The summed E-state index contributed by atoms with van der Waals surface area (Å²) in [4.78, 5) is 22.7. The highest BCUT2D eigenvalue weighted by molar-refractivity contribution is 9.10. The van der Waals surface area contributed by atoms with E-state index in [1.165, 1.54) is 7.11 Å². The van der Waals surface area contributed by atoms with Crippen molar-refractivity contribution in [2.24, 2.45) is 0 Å². The molecule has 3 rings (SSSR count). The summed E-state index contributed by atoms with van der Waals surface area (Å²) in [5.41, 5.74) is 0.486.